The fourth-order valence-electron chi connectivity index (χ4n) is 1.98. The predicted molar refractivity (Wildman–Crippen MR) is 65.5 cm³/mol. The summed E-state index contributed by atoms with van der Waals surface area (Å²) in [6, 6.07) is 3.81. The van der Waals surface area contributed by atoms with Gasteiger partial charge in [-0.15, -0.1) is 0 Å². The Morgan fingerprint density at radius 3 is 2.94 bits per heavy atom. The van der Waals surface area contributed by atoms with Gasteiger partial charge in [-0.1, -0.05) is 0 Å². The van der Waals surface area contributed by atoms with Gasteiger partial charge < -0.3 is 15.8 Å². The molecular formula is C12H19N3O. The van der Waals surface area contributed by atoms with Gasteiger partial charge in [0.2, 0.25) is 0 Å². The van der Waals surface area contributed by atoms with Crippen LogP contribution in [0.25, 0.3) is 0 Å². The Labute approximate surface area is 96.2 Å². The van der Waals surface area contributed by atoms with E-state index < -0.39 is 0 Å². The molecule has 4 nitrogen and oxygen atoms in total. The third kappa shape index (κ3) is 2.44. The minimum absolute atomic E-state index is 0.00615. The Kier molecular flexibility index (Phi) is 3.01. The summed E-state index contributed by atoms with van der Waals surface area (Å²) >= 11 is 0. The molecule has 0 saturated carbocycles. The molecule has 1 saturated heterocycles. The van der Waals surface area contributed by atoms with Gasteiger partial charge in [-0.25, -0.2) is 4.98 Å². The molecule has 2 heterocycles. The van der Waals surface area contributed by atoms with Gasteiger partial charge in [-0.3, -0.25) is 0 Å². The normalized spacial score (nSPS) is 25.4. The molecule has 1 unspecified atom stereocenters. The lowest BCUT2D eigenvalue weighted by atomic mass is 9.95. The van der Waals surface area contributed by atoms with Crippen molar-refractivity contribution in [1.29, 1.82) is 0 Å². The second kappa shape index (κ2) is 4.29. The minimum Gasteiger partial charge on any atom is -0.397 e. The van der Waals surface area contributed by atoms with Crippen LogP contribution in [0.15, 0.2) is 12.1 Å². The molecule has 1 aromatic rings. The maximum absolute atomic E-state index is 5.74. The van der Waals surface area contributed by atoms with Gasteiger partial charge in [0.05, 0.1) is 23.5 Å². The summed E-state index contributed by atoms with van der Waals surface area (Å²) in [5.41, 5.74) is 7.33. The van der Waals surface area contributed by atoms with Crippen molar-refractivity contribution < 1.29 is 4.74 Å². The number of rotatable bonds is 2. The first-order valence-electron chi connectivity index (χ1n) is 5.68. The van der Waals surface area contributed by atoms with Crippen LogP contribution in [-0.4, -0.2) is 23.7 Å². The van der Waals surface area contributed by atoms with E-state index in [1.807, 2.05) is 19.1 Å². The van der Waals surface area contributed by atoms with Crippen molar-refractivity contribution in [2.45, 2.75) is 32.2 Å². The molecule has 1 aliphatic rings. The van der Waals surface area contributed by atoms with Crippen LogP contribution in [0.1, 0.15) is 25.5 Å². The molecule has 4 heteroatoms. The highest BCUT2D eigenvalue weighted by Gasteiger charge is 2.27. The average Bonchev–Trinajstić information content (AvgIpc) is 2.24. The fourth-order valence-corrected chi connectivity index (χ4v) is 1.98. The molecule has 1 atom stereocenters. The summed E-state index contributed by atoms with van der Waals surface area (Å²) in [6.45, 7) is 5.68. The first kappa shape index (κ1) is 11.2. The maximum Gasteiger partial charge on any atom is 0.126 e. The van der Waals surface area contributed by atoms with E-state index in [0.717, 1.165) is 43.3 Å². The van der Waals surface area contributed by atoms with E-state index in [0.29, 0.717) is 0 Å². The third-order valence-electron chi connectivity index (χ3n) is 2.99. The molecule has 0 spiro atoms. The molecule has 2 rings (SSSR count). The molecule has 88 valence electrons. The van der Waals surface area contributed by atoms with Crippen LogP contribution in [-0.2, 0) is 4.74 Å². The summed E-state index contributed by atoms with van der Waals surface area (Å²) in [5.74, 6) is 0.875. The first-order valence-corrected chi connectivity index (χ1v) is 5.68. The molecule has 0 aromatic carbocycles. The molecule has 1 aliphatic heterocycles. The summed E-state index contributed by atoms with van der Waals surface area (Å²) in [7, 11) is 0. The van der Waals surface area contributed by atoms with Crippen LogP contribution in [0.2, 0.25) is 0 Å². The van der Waals surface area contributed by atoms with E-state index >= 15 is 0 Å². The van der Waals surface area contributed by atoms with Crippen molar-refractivity contribution in [3.8, 4) is 0 Å². The lowest BCUT2D eigenvalue weighted by Gasteiger charge is -2.34. The SMILES string of the molecule is Cc1nc(NC2(C)CCCOC2)ccc1N. The number of hydrogen-bond donors (Lipinski definition) is 2. The van der Waals surface area contributed by atoms with Crippen LogP contribution in [0.3, 0.4) is 0 Å². The topological polar surface area (TPSA) is 60.2 Å². The van der Waals surface area contributed by atoms with E-state index in [2.05, 4.69) is 17.2 Å². The smallest absolute Gasteiger partial charge is 0.126 e. The monoisotopic (exact) mass is 221 g/mol. The molecule has 1 fully saturated rings. The van der Waals surface area contributed by atoms with Gasteiger partial charge >= 0.3 is 0 Å². The highest BCUT2D eigenvalue weighted by Crippen LogP contribution is 2.23. The number of nitrogen functional groups attached to an aromatic ring is 1. The minimum atomic E-state index is -0.00615. The summed E-state index contributed by atoms with van der Waals surface area (Å²) in [4.78, 5) is 4.42. The van der Waals surface area contributed by atoms with Gasteiger partial charge in [0.25, 0.3) is 0 Å². The van der Waals surface area contributed by atoms with Crippen molar-refractivity contribution in [3.05, 3.63) is 17.8 Å². The molecule has 1 aromatic heterocycles. The zero-order valence-corrected chi connectivity index (χ0v) is 9.92. The van der Waals surface area contributed by atoms with E-state index in [-0.39, 0.29) is 5.54 Å². The summed E-state index contributed by atoms with van der Waals surface area (Å²) in [5, 5.41) is 3.43. The maximum atomic E-state index is 5.74. The van der Waals surface area contributed by atoms with Crippen molar-refractivity contribution in [1.82, 2.24) is 4.98 Å². The first-order chi connectivity index (χ1) is 7.59. The molecule has 16 heavy (non-hydrogen) atoms. The number of nitrogens with one attached hydrogen (secondary N) is 1. The number of nitrogens with two attached hydrogens (primary N) is 1. The predicted octanol–water partition coefficient (Wildman–Crippen LogP) is 1.95. The Morgan fingerprint density at radius 1 is 1.50 bits per heavy atom. The van der Waals surface area contributed by atoms with Crippen molar-refractivity contribution in [2.24, 2.45) is 0 Å². The Balaban J connectivity index is 2.10. The zero-order chi connectivity index (χ0) is 11.6. The molecule has 3 N–H and O–H groups in total. The number of aromatic nitrogens is 1. The van der Waals surface area contributed by atoms with Crippen LogP contribution in [0.5, 0.6) is 0 Å². The van der Waals surface area contributed by atoms with E-state index in [1.54, 1.807) is 0 Å². The molecule has 0 amide bonds. The summed E-state index contributed by atoms with van der Waals surface area (Å²) in [6.07, 6.45) is 2.20. The van der Waals surface area contributed by atoms with Crippen molar-refractivity contribution in [2.75, 3.05) is 24.3 Å². The molecule has 0 radical (unpaired) electrons. The third-order valence-corrected chi connectivity index (χ3v) is 2.99. The largest absolute Gasteiger partial charge is 0.397 e. The van der Waals surface area contributed by atoms with Crippen LogP contribution in [0, 0.1) is 6.92 Å². The van der Waals surface area contributed by atoms with Gasteiger partial charge in [0.15, 0.2) is 0 Å². The van der Waals surface area contributed by atoms with Gasteiger partial charge in [-0.2, -0.15) is 0 Å². The number of ether oxygens (including phenoxy) is 1. The quantitative estimate of drug-likeness (QED) is 0.801. The Bertz CT molecular complexity index is 373. The Morgan fingerprint density at radius 2 is 2.31 bits per heavy atom. The Hall–Kier alpha value is -1.29. The zero-order valence-electron chi connectivity index (χ0n) is 9.92. The van der Waals surface area contributed by atoms with Crippen molar-refractivity contribution >= 4 is 11.5 Å². The lowest BCUT2D eigenvalue weighted by molar-refractivity contribution is 0.0539. The van der Waals surface area contributed by atoms with Gasteiger partial charge in [0.1, 0.15) is 5.82 Å². The molecule has 0 aliphatic carbocycles. The van der Waals surface area contributed by atoms with Crippen LogP contribution in [0.4, 0.5) is 11.5 Å². The number of aryl methyl sites for hydroxylation is 1. The van der Waals surface area contributed by atoms with Gasteiger partial charge in [0, 0.05) is 6.61 Å². The molecule has 0 bridgehead atoms. The highest BCUT2D eigenvalue weighted by atomic mass is 16.5. The van der Waals surface area contributed by atoms with Crippen molar-refractivity contribution in [3.63, 3.8) is 0 Å². The molecular weight excluding hydrogens is 202 g/mol. The standard InChI is InChI=1S/C12H19N3O/c1-9-10(13)4-5-11(14-9)15-12(2)6-3-7-16-8-12/h4-5H,3,6-8,13H2,1-2H3,(H,14,15). The summed E-state index contributed by atoms with van der Waals surface area (Å²) < 4.78 is 5.50. The van der Waals surface area contributed by atoms with E-state index in [9.17, 15) is 0 Å². The second-order valence-electron chi connectivity index (χ2n) is 4.71. The highest BCUT2D eigenvalue weighted by molar-refractivity contribution is 5.50. The fraction of sp³-hybridized carbons (Fsp3) is 0.583. The number of anilines is 2. The second-order valence-corrected chi connectivity index (χ2v) is 4.71. The lowest BCUT2D eigenvalue weighted by Crippen LogP contribution is -2.43. The number of hydrogen-bond acceptors (Lipinski definition) is 4. The number of nitrogens with zero attached hydrogens (tertiary/aromatic N) is 1. The van der Waals surface area contributed by atoms with Crippen LogP contribution >= 0.6 is 0 Å². The van der Waals surface area contributed by atoms with Gasteiger partial charge in [-0.05, 0) is 38.8 Å². The average molecular weight is 221 g/mol. The van der Waals surface area contributed by atoms with E-state index in [1.165, 1.54) is 0 Å². The van der Waals surface area contributed by atoms with Crippen LogP contribution < -0.4 is 11.1 Å². The van der Waals surface area contributed by atoms with E-state index in [4.69, 9.17) is 10.5 Å². The number of pyridine rings is 1.